The van der Waals surface area contributed by atoms with E-state index in [1.54, 1.807) is 0 Å². The van der Waals surface area contributed by atoms with Gasteiger partial charge in [0.25, 0.3) is 0 Å². The molecule has 1 N–H and O–H groups in total. The maximum absolute atomic E-state index is 3.69. The van der Waals surface area contributed by atoms with Crippen molar-refractivity contribution in [3.63, 3.8) is 0 Å². The van der Waals surface area contributed by atoms with Crippen molar-refractivity contribution in [3.8, 4) is 0 Å². The zero-order valence-corrected chi connectivity index (χ0v) is 13.8. The Hall–Kier alpha value is -0.500. The van der Waals surface area contributed by atoms with Crippen LogP contribution in [0, 0.1) is 18.8 Å². The van der Waals surface area contributed by atoms with Crippen LogP contribution in [-0.2, 0) is 0 Å². The predicted molar refractivity (Wildman–Crippen MR) is 85.2 cm³/mol. The fourth-order valence-corrected chi connectivity index (χ4v) is 2.57. The first-order valence-corrected chi connectivity index (χ1v) is 7.70. The summed E-state index contributed by atoms with van der Waals surface area (Å²) >= 11 is 3.55. The minimum Gasteiger partial charge on any atom is -0.382 e. The standard InChI is InChI=1S/C16H26BrN/c1-11(2)8-15(9-12(3)4)18-14-6-7-16(17)13(5)10-14/h6-7,10-12,15,18H,8-9H2,1-5H3. The van der Waals surface area contributed by atoms with E-state index in [1.807, 2.05) is 0 Å². The average Bonchev–Trinajstić information content (AvgIpc) is 2.21. The zero-order valence-electron chi connectivity index (χ0n) is 12.3. The van der Waals surface area contributed by atoms with E-state index in [1.165, 1.54) is 28.6 Å². The van der Waals surface area contributed by atoms with Crippen LogP contribution in [-0.4, -0.2) is 6.04 Å². The van der Waals surface area contributed by atoms with Crippen molar-refractivity contribution in [2.45, 2.75) is 53.5 Å². The summed E-state index contributed by atoms with van der Waals surface area (Å²) in [6, 6.07) is 7.08. The van der Waals surface area contributed by atoms with Gasteiger partial charge in [-0.25, -0.2) is 0 Å². The highest BCUT2D eigenvalue weighted by molar-refractivity contribution is 9.10. The first-order valence-electron chi connectivity index (χ1n) is 6.91. The fraction of sp³-hybridized carbons (Fsp3) is 0.625. The third-order valence-electron chi connectivity index (χ3n) is 3.04. The van der Waals surface area contributed by atoms with Crippen molar-refractivity contribution < 1.29 is 0 Å². The second-order valence-corrected chi connectivity index (χ2v) is 6.92. The third kappa shape index (κ3) is 5.43. The van der Waals surface area contributed by atoms with Gasteiger partial charge >= 0.3 is 0 Å². The topological polar surface area (TPSA) is 12.0 Å². The summed E-state index contributed by atoms with van der Waals surface area (Å²) in [5.41, 5.74) is 2.52. The number of hydrogen-bond donors (Lipinski definition) is 1. The molecular weight excluding hydrogens is 286 g/mol. The van der Waals surface area contributed by atoms with E-state index in [-0.39, 0.29) is 0 Å². The molecule has 0 saturated heterocycles. The van der Waals surface area contributed by atoms with Crippen LogP contribution in [0.25, 0.3) is 0 Å². The van der Waals surface area contributed by atoms with Crippen LogP contribution in [0.5, 0.6) is 0 Å². The molecule has 0 heterocycles. The number of hydrogen-bond acceptors (Lipinski definition) is 1. The van der Waals surface area contributed by atoms with E-state index in [9.17, 15) is 0 Å². The molecule has 0 amide bonds. The van der Waals surface area contributed by atoms with E-state index in [4.69, 9.17) is 0 Å². The van der Waals surface area contributed by atoms with Gasteiger partial charge < -0.3 is 5.32 Å². The summed E-state index contributed by atoms with van der Waals surface area (Å²) in [5.74, 6) is 1.47. The maximum atomic E-state index is 3.69. The smallest absolute Gasteiger partial charge is 0.0345 e. The Kier molecular flexibility index (Phi) is 6.20. The fourth-order valence-electron chi connectivity index (χ4n) is 2.32. The molecular formula is C16H26BrN. The summed E-state index contributed by atoms with van der Waals surface area (Å²) in [4.78, 5) is 0. The van der Waals surface area contributed by atoms with E-state index < -0.39 is 0 Å². The maximum Gasteiger partial charge on any atom is 0.0345 e. The average molecular weight is 312 g/mol. The molecule has 0 unspecified atom stereocenters. The molecule has 0 bridgehead atoms. The van der Waals surface area contributed by atoms with Crippen molar-refractivity contribution in [1.29, 1.82) is 0 Å². The first-order chi connectivity index (χ1) is 8.38. The molecule has 1 nitrogen and oxygen atoms in total. The molecule has 0 aromatic heterocycles. The highest BCUT2D eigenvalue weighted by atomic mass is 79.9. The molecule has 18 heavy (non-hydrogen) atoms. The highest BCUT2D eigenvalue weighted by Gasteiger charge is 2.13. The molecule has 1 aromatic carbocycles. The van der Waals surface area contributed by atoms with Crippen molar-refractivity contribution in [1.82, 2.24) is 0 Å². The molecule has 2 heteroatoms. The number of nitrogens with one attached hydrogen (secondary N) is 1. The Labute approximate surface area is 120 Å². The van der Waals surface area contributed by atoms with E-state index in [2.05, 4.69) is 74.1 Å². The molecule has 0 aliphatic rings. The first kappa shape index (κ1) is 15.6. The van der Waals surface area contributed by atoms with Gasteiger partial charge in [0.2, 0.25) is 0 Å². The minimum absolute atomic E-state index is 0.575. The van der Waals surface area contributed by atoms with Crippen LogP contribution in [0.1, 0.15) is 46.1 Å². The van der Waals surface area contributed by atoms with Gasteiger partial charge in [0.05, 0.1) is 0 Å². The van der Waals surface area contributed by atoms with Gasteiger partial charge in [-0.05, 0) is 55.4 Å². The van der Waals surface area contributed by atoms with Crippen molar-refractivity contribution in [3.05, 3.63) is 28.2 Å². The van der Waals surface area contributed by atoms with Crippen LogP contribution in [0.2, 0.25) is 0 Å². The Morgan fingerprint density at radius 2 is 1.61 bits per heavy atom. The molecule has 1 aromatic rings. The van der Waals surface area contributed by atoms with Gasteiger partial charge in [-0.1, -0.05) is 43.6 Å². The zero-order chi connectivity index (χ0) is 13.7. The number of aryl methyl sites for hydroxylation is 1. The lowest BCUT2D eigenvalue weighted by Crippen LogP contribution is -2.23. The quantitative estimate of drug-likeness (QED) is 0.718. The molecule has 1 rings (SSSR count). The van der Waals surface area contributed by atoms with Crippen molar-refractivity contribution in [2.75, 3.05) is 5.32 Å². The van der Waals surface area contributed by atoms with E-state index in [0.29, 0.717) is 6.04 Å². The molecule has 0 spiro atoms. The number of rotatable bonds is 6. The second-order valence-electron chi connectivity index (χ2n) is 6.06. The summed E-state index contributed by atoms with van der Waals surface area (Å²) < 4.78 is 1.18. The van der Waals surface area contributed by atoms with Crippen LogP contribution in [0.4, 0.5) is 5.69 Å². The monoisotopic (exact) mass is 311 g/mol. The van der Waals surface area contributed by atoms with Crippen molar-refractivity contribution >= 4 is 21.6 Å². The SMILES string of the molecule is Cc1cc(NC(CC(C)C)CC(C)C)ccc1Br. The van der Waals surface area contributed by atoms with Gasteiger partial charge in [-0.2, -0.15) is 0 Å². The Morgan fingerprint density at radius 3 is 2.06 bits per heavy atom. The predicted octanol–water partition coefficient (Wildman–Crippen LogP) is 5.63. The summed E-state index contributed by atoms with van der Waals surface area (Å²) in [6.45, 7) is 11.3. The van der Waals surface area contributed by atoms with Gasteiger partial charge in [0, 0.05) is 16.2 Å². The lowest BCUT2D eigenvalue weighted by molar-refractivity contribution is 0.442. The Morgan fingerprint density at radius 1 is 1.06 bits per heavy atom. The highest BCUT2D eigenvalue weighted by Crippen LogP contribution is 2.23. The molecule has 102 valence electrons. The normalized spacial score (nSPS) is 11.6. The van der Waals surface area contributed by atoms with Crippen LogP contribution in [0.3, 0.4) is 0 Å². The van der Waals surface area contributed by atoms with Gasteiger partial charge in [-0.3, -0.25) is 0 Å². The van der Waals surface area contributed by atoms with Crippen molar-refractivity contribution in [2.24, 2.45) is 11.8 Å². The second kappa shape index (κ2) is 7.18. The molecule has 0 aliphatic heterocycles. The summed E-state index contributed by atoms with van der Waals surface area (Å²) in [6.07, 6.45) is 2.46. The van der Waals surface area contributed by atoms with Crippen LogP contribution in [0.15, 0.2) is 22.7 Å². The van der Waals surface area contributed by atoms with Gasteiger partial charge in [0.15, 0.2) is 0 Å². The molecule has 0 radical (unpaired) electrons. The minimum atomic E-state index is 0.575. The molecule has 0 fully saturated rings. The van der Waals surface area contributed by atoms with Gasteiger partial charge in [-0.15, -0.1) is 0 Å². The van der Waals surface area contributed by atoms with Crippen LogP contribution >= 0.6 is 15.9 Å². The number of benzene rings is 1. The third-order valence-corrected chi connectivity index (χ3v) is 3.93. The van der Waals surface area contributed by atoms with Gasteiger partial charge in [0.1, 0.15) is 0 Å². The Bertz CT molecular complexity index is 361. The van der Waals surface area contributed by atoms with E-state index >= 15 is 0 Å². The van der Waals surface area contributed by atoms with E-state index in [0.717, 1.165) is 11.8 Å². The largest absolute Gasteiger partial charge is 0.382 e. The summed E-state index contributed by atoms with van der Waals surface area (Å²) in [7, 11) is 0. The lowest BCUT2D eigenvalue weighted by atomic mass is 9.95. The molecule has 0 atom stereocenters. The van der Waals surface area contributed by atoms with Crippen LogP contribution < -0.4 is 5.32 Å². The Balaban J connectivity index is 2.71. The summed E-state index contributed by atoms with van der Waals surface area (Å²) in [5, 5.41) is 3.69. The number of halogens is 1. The molecule has 0 saturated carbocycles. The lowest BCUT2D eigenvalue weighted by Gasteiger charge is -2.24. The number of anilines is 1. The molecule has 0 aliphatic carbocycles.